The molecule has 2 rings (SSSR count). The van der Waals surface area contributed by atoms with E-state index in [9.17, 15) is 14.7 Å². The molecule has 0 fully saturated rings. The van der Waals surface area contributed by atoms with Crippen molar-refractivity contribution in [3.05, 3.63) is 47.2 Å². The number of amides is 1. The Balaban J connectivity index is 2.53. The minimum Gasteiger partial charge on any atom is -0.503 e. The number of nitrogens with zero attached hydrogens (tertiary/aromatic N) is 1. The molecule has 0 aliphatic carbocycles. The molecule has 21 heavy (non-hydrogen) atoms. The average molecular weight is 287 g/mol. The Morgan fingerprint density at radius 3 is 2.43 bits per heavy atom. The topological polar surface area (TPSA) is 57.6 Å². The Labute approximate surface area is 125 Å². The van der Waals surface area contributed by atoms with Crippen LogP contribution >= 0.6 is 0 Å². The van der Waals surface area contributed by atoms with E-state index in [1.54, 1.807) is 18.7 Å². The molecule has 1 atom stereocenters. The molecule has 0 spiro atoms. The maximum absolute atomic E-state index is 12.4. The van der Waals surface area contributed by atoms with E-state index in [4.69, 9.17) is 0 Å². The summed E-state index contributed by atoms with van der Waals surface area (Å²) in [6.45, 7) is 6.03. The van der Waals surface area contributed by atoms with Gasteiger partial charge < -0.3 is 10.0 Å². The number of Topliss-reactive ketones (excluding diaryl/α,β-unsaturated/α-hetero) is 1. The van der Waals surface area contributed by atoms with Crippen molar-refractivity contribution in [2.45, 2.75) is 33.2 Å². The number of hydrogen-bond acceptors (Lipinski definition) is 3. The summed E-state index contributed by atoms with van der Waals surface area (Å²) >= 11 is 0. The van der Waals surface area contributed by atoms with Gasteiger partial charge in [-0.2, -0.15) is 0 Å². The molecule has 1 aliphatic rings. The molecular weight excluding hydrogens is 266 g/mol. The Bertz CT molecular complexity index is 575. The normalized spacial score (nSPS) is 18.8. The van der Waals surface area contributed by atoms with Gasteiger partial charge in [0, 0.05) is 12.5 Å². The van der Waals surface area contributed by atoms with Gasteiger partial charge in [0.15, 0.2) is 11.5 Å². The molecule has 1 N–H and O–H groups in total. The molecule has 0 radical (unpaired) electrons. The third-order valence-corrected chi connectivity index (χ3v) is 3.67. The first-order valence-corrected chi connectivity index (χ1v) is 7.32. The average Bonchev–Trinajstić information content (AvgIpc) is 2.72. The number of carbonyl (C=O) groups excluding carboxylic acids is 2. The van der Waals surface area contributed by atoms with Gasteiger partial charge in [-0.3, -0.25) is 9.59 Å². The van der Waals surface area contributed by atoms with Crippen molar-refractivity contribution in [2.24, 2.45) is 5.92 Å². The Kier molecular flexibility index (Phi) is 4.46. The van der Waals surface area contributed by atoms with Crippen LogP contribution in [0.3, 0.4) is 0 Å². The SMILES string of the molecule is CCCN1C(=O)C(O)=C(C(=O)C(C)C)C1c1ccccc1. The molecule has 1 unspecified atom stereocenters. The highest BCUT2D eigenvalue weighted by Gasteiger charge is 2.43. The standard InChI is InChI=1S/C17H21NO3/c1-4-10-18-14(12-8-6-5-7-9-12)13(15(19)11(2)3)16(20)17(18)21/h5-9,11,14,20H,4,10H2,1-3H3. The fourth-order valence-electron chi connectivity index (χ4n) is 2.67. The summed E-state index contributed by atoms with van der Waals surface area (Å²) in [5, 5.41) is 10.2. The summed E-state index contributed by atoms with van der Waals surface area (Å²) < 4.78 is 0. The van der Waals surface area contributed by atoms with E-state index in [1.165, 1.54) is 0 Å². The number of carbonyl (C=O) groups is 2. The van der Waals surface area contributed by atoms with Gasteiger partial charge in [-0.1, -0.05) is 51.1 Å². The quantitative estimate of drug-likeness (QED) is 0.905. The van der Waals surface area contributed by atoms with Crippen LogP contribution in [0.1, 0.15) is 38.8 Å². The van der Waals surface area contributed by atoms with Crippen LogP contribution in [0.5, 0.6) is 0 Å². The summed E-state index contributed by atoms with van der Waals surface area (Å²) in [6.07, 6.45) is 0.769. The molecule has 0 saturated carbocycles. The zero-order chi connectivity index (χ0) is 15.6. The summed E-state index contributed by atoms with van der Waals surface area (Å²) in [7, 11) is 0. The predicted molar refractivity (Wildman–Crippen MR) is 80.7 cm³/mol. The van der Waals surface area contributed by atoms with Gasteiger partial charge in [-0.25, -0.2) is 0 Å². The third kappa shape index (κ3) is 2.71. The van der Waals surface area contributed by atoms with Crippen LogP contribution in [0.4, 0.5) is 0 Å². The largest absolute Gasteiger partial charge is 0.503 e. The highest BCUT2D eigenvalue weighted by molar-refractivity contribution is 6.09. The van der Waals surface area contributed by atoms with Crippen LogP contribution in [0, 0.1) is 5.92 Å². The van der Waals surface area contributed by atoms with Gasteiger partial charge in [0.05, 0.1) is 11.6 Å². The van der Waals surface area contributed by atoms with Crippen LogP contribution in [0.25, 0.3) is 0 Å². The van der Waals surface area contributed by atoms with Crippen molar-refractivity contribution < 1.29 is 14.7 Å². The zero-order valence-electron chi connectivity index (χ0n) is 12.7. The number of aliphatic hydroxyl groups excluding tert-OH is 1. The van der Waals surface area contributed by atoms with Gasteiger partial charge in [0.1, 0.15) is 0 Å². The lowest BCUT2D eigenvalue weighted by Gasteiger charge is -2.26. The van der Waals surface area contributed by atoms with Gasteiger partial charge in [-0.05, 0) is 12.0 Å². The fraction of sp³-hybridized carbons (Fsp3) is 0.412. The first kappa shape index (κ1) is 15.3. The van der Waals surface area contributed by atoms with Crippen molar-refractivity contribution in [3.8, 4) is 0 Å². The van der Waals surface area contributed by atoms with E-state index in [2.05, 4.69) is 0 Å². The number of benzene rings is 1. The Morgan fingerprint density at radius 1 is 1.29 bits per heavy atom. The number of rotatable bonds is 5. The van der Waals surface area contributed by atoms with Crippen LogP contribution in [-0.2, 0) is 9.59 Å². The van der Waals surface area contributed by atoms with E-state index in [0.29, 0.717) is 6.54 Å². The monoisotopic (exact) mass is 287 g/mol. The second-order valence-electron chi connectivity index (χ2n) is 5.59. The predicted octanol–water partition coefficient (Wildman–Crippen LogP) is 3.02. The molecule has 1 aromatic rings. The van der Waals surface area contributed by atoms with Crippen molar-refractivity contribution in [3.63, 3.8) is 0 Å². The van der Waals surface area contributed by atoms with Crippen LogP contribution in [-0.4, -0.2) is 28.2 Å². The van der Waals surface area contributed by atoms with Gasteiger partial charge in [-0.15, -0.1) is 0 Å². The van der Waals surface area contributed by atoms with Crippen molar-refractivity contribution in [2.75, 3.05) is 6.54 Å². The highest BCUT2D eigenvalue weighted by Crippen LogP contribution is 2.38. The molecule has 1 amide bonds. The van der Waals surface area contributed by atoms with E-state index in [1.807, 2.05) is 37.3 Å². The molecule has 1 aromatic carbocycles. The molecule has 112 valence electrons. The molecule has 4 nitrogen and oxygen atoms in total. The van der Waals surface area contributed by atoms with E-state index < -0.39 is 17.7 Å². The van der Waals surface area contributed by atoms with E-state index in [-0.39, 0.29) is 17.3 Å². The van der Waals surface area contributed by atoms with Gasteiger partial charge in [0.25, 0.3) is 5.91 Å². The molecule has 4 heteroatoms. The second-order valence-corrected chi connectivity index (χ2v) is 5.59. The van der Waals surface area contributed by atoms with Crippen molar-refractivity contribution in [1.29, 1.82) is 0 Å². The molecule has 0 aromatic heterocycles. The lowest BCUT2D eigenvalue weighted by atomic mass is 9.91. The Morgan fingerprint density at radius 2 is 1.90 bits per heavy atom. The molecule has 1 aliphatic heterocycles. The lowest BCUT2D eigenvalue weighted by molar-refractivity contribution is -0.129. The third-order valence-electron chi connectivity index (χ3n) is 3.67. The number of hydrogen-bond donors (Lipinski definition) is 1. The molecular formula is C17H21NO3. The van der Waals surface area contributed by atoms with Gasteiger partial charge in [0.2, 0.25) is 0 Å². The smallest absolute Gasteiger partial charge is 0.290 e. The summed E-state index contributed by atoms with van der Waals surface area (Å²) in [5.41, 5.74) is 1.09. The van der Waals surface area contributed by atoms with Crippen LogP contribution < -0.4 is 0 Å². The molecule has 0 bridgehead atoms. The molecule has 0 saturated heterocycles. The zero-order valence-corrected chi connectivity index (χ0v) is 12.7. The summed E-state index contributed by atoms with van der Waals surface area (Å²) in [6, 6.07) is 8.92. The van der Waals surface area contributed by atoms with E-state index in [0.717, 1.165) is 12.0 Å². The second kappa shape index (κ2) is 6.12. The van der Waals surface area contributed by atoms with Crippen LogP contribution in [0.15, 0.2) is 41.7 Å². The van der Waals surface area contributed by atoms with Crippen molar-refractivity contribution >= 4 is 11.7 Å². The first-order chi connectivity index (χ1) is 9.99. The maximum Gasteiger partial charge on any atom is 0.290 e. The van der Waals surface area contributed by atoms with Crippen molar-refractivity contribution in [1.82, 2.24) is 4.90 Å². The Hall–Kier alpha value is -2.10. The van der Waals surface area contributed by atoms with E-state index >= 15 is 0 Å². The molecule has 1 heterocycles. The number of aliphatic hydroxyl groups is 1. The van der Waals surface area contributed by atoms with Crippen LogP contribution in [0.2, 0.25) is 0 Å². The minimum absolute atomic E-state index is 0.173. The maximum atomic E-state index is 12.4. The number of ketones is 1. The summed E-state index contributed by atoms with van der Waals surface area (Å²) in [4.78, 5) is 26.3. The van der Waals surface area contributed by atoms with Gasteiger partial charge >= 0.3 is 0 Å². The first-order valence-electron chi connectivity index (χ1n) is 7.32. The summed E-state index contributed by atoms with van der Waals surface area (Å²) in [5.74, 6) is -1.28. The lowest BCUT2D eigenvalue weighted by Crippen LogP contribution is -2.32. The minimum atomic E-state index is -0.478. The fourth-order valence-corrected chi connectivity index (χ4v) is 2.67. The highest BCUT2D eigenvalue weighted by atomic mass is 16.3.